The van der Waals surface area contributed by atoms with Crippen molar-refractivity contribution in [3.8, 4) is 0 Å². The van der Waals surface area contributed by atoms with Gasteiger partial charge in [0.1, 0.15) is 0 Å². The van der Waals surface area contributed by atoms with E-state index in [1.165, 1.54) is 18.2 Å². The maximum Gasteiger partial charge on any atom is 0.261 e. The smallest absolute Gasteiger partial charge is 0.261 e. The molecule has 0 spiro atoms. The number of amides is 1. The van der Waals surface area contributed by atoms with Gasteiger partial charge in [0, 0.05) is 17.2 Å². The van der Waals surface area contributed by atoms with Crippen LogP contribution in [0.2, 0.25) is 0 Å². The van der Waals surface area contributed by atoms with E-state index in [1.807, 2.05) is 0 Å². The highest BCUT2D eigenvalue weighted by Crippen LogP contribution is 2.15. The molecule has 1 N–H and O–H groups in total. The zero-order valence-electron chi connectivity index (χ0n) is 9.89. The lowest BCUT2D eigenvalue weighted by Gasteiger charge is -2.03. The number of rotatable bonds is 5. The van der Waals surface area contributed by atoms with E-state index in [0.29, 0.717) is 13.0 Å². The van der Waals surface area contributed by atoms with Gasteiger partial charge in [0.2, 0.25) is 5.91 Å². The highest BCUT2D eigenvalue weighted by Gasteiger charge is 2.08. The van der Waals surface area contributed by atoms with Crippen molar-refractivity contribution in [2.75, 3.05) is 6.54 Å². The maximum atomic E-state index is 11.1. The van der Waals surface area contributed by atoms with Gasteiger partial charge in [0.05, 0.1) is 4.90 Å². The second kappa shape index (κ2) is 6.56. The lowest BCUT2D eigenvalue weighted by molar-refractivity contribution is -0.116. The molecule has 0 aliphatic heterocycles. The molecule has 0 unspecified atom stereocenters. The second-order valence-corrected chi connectivity index (χ2v) is 6.19. The Morgan fingerprint density at radius 3 is 2.44 bits per heavy atom. The first-order valence-electron chi connectivity index (χ1n) is 5.37. The normalized spacial score (nSPS) is 11.7. The summed E-state index contributed by atoms with van der Waals surface area (Å²) < 4.78 is 22.0. The monoisotopic (exact) mass is 287 g/mol. The molecule has 0 aromatic heterocycles. The molecule has 0 aliphatic carbocycles. The summed E-state index contributed by atoms with van der Waals surface area (Å²) in [6.07, 6.45) is 3.74. The molecular weight excluding hydrogens is 274 g/mol. The minimum absolute atomic E-state index is 0.0749. The quantitative estimate of drug-likeness (QED) is 0.664. The molecule has 1 aromatic carbocycles. The van der Waals surface area contributed by atoms with E-state index in [1.54, 1.807) is 25.1 Å². The SMILES string of the molecule is C/C=C/C(=O)NCCc1ccc(S(=O)(=O)Cl)cc1. The molecule has 4 nitrogen and oxygen atoms in total. The van der Waals surface area contributed by atoms with Crippen LogP contribution >= 0.6 is 10.7 Å². The first-order valence-corrected chi connectivity index (χ1v) is 7.68. The van der Waals surface area contributed by atoms with Crippen LogP contribution in [0.15, 0.2) is 41.3 Å². The molecule has 1 aromatic rings. The van der Waals surface area contributed by atoms with E-state index in [2.05, 4.69) is 5.32 Å². The van der Waals surface area contributed by atoms with Gasteiger partial charge < -0.3 is 5.32 Å². The molecule has 18 heavy (non-hydrogen) atoms. The van der Waals surface area contributed by atoms with Gasteiger partial charge in [-0.05, 0) is 37.1 Å². The van der Waals surface area contributed by atoms with Crippen molar-refractivity contribution in [3.05, 3.63) is 42.0 Å². The number of halogens is 1. The van der Waals surface area contributed by atoms with Crippen LogP contribution in [0.25, 0.3) is 0 Å². The Hall–Kier alpha value is -1.33. The molecule has 1 amide bonds. The van der Waals surface area contributed by atoms with E-state index >= 15 is 0 Å². The predicted molar refractivity (Wildman–Crippen MR) is 71.0 cm³/mol. The maximum absolute atomic E-state index is 11.1. The Labute approximate surface area is 111 Å². The number of benzene rings is 1. The Morgan fingerprint density at radius 2 is 1.94 bits per heavy atom. The van der Waals surface area contributed by atoms with E-state index in [0.717, 1.165) is 5.56 Å². The number of carbonyl (C=O) groups excluding carboxylic acids is 1. The summed E-state index contributed by atoms with van der Waals surface area (Å²) in [5.41, 5.74) is 0.930. The highest BCUT2D eigenvalue weighted by molar-refractivity contribution is 8.13. The van der Waals surface area contributed by atoms with Crippen LogP contribution in [0.5, 0.6) is 0 Å². The summed E-state index contributed by atoms with van der Waals surface area (Å²) in [7, 11) is 1.53. The number of nitrogens with one attached hydrogen (secondary N) is 1. The fraction of sp³-hybridized carbons (Fsp3) is 0.250. The van der Waals surface area contributed by atoms with Crippen LogP contribution in [0.3, 0.4) is 0 Å². The third-order valence-electron chi connectivity index (χ3n) is 2.24. The van der Waals surface area contributed by atoms with Crippen molar-refractivity contribution in [1.82, 2.24) is 5.32 Å². The zero-order chi connectivity index (χ0) is 13.6. The fourth-order valence-corrected chi connectivity index (χ4v) is 2.13. The summed E-state index contributed by atoms with van der Waals surface area (Å²) in [4.78, 5) is 11.2. The van der Waals surface area contributed by atoms with Gasteiger partial charge >= 0.3 is 0 Å². The minimum atomic E-state index is -3.67. The Kier molecular flexibility index (Phi) is 5.37. The van der Waals surface area contributed by atoms with Crippen LogP contribution in [-0.2, 0) is 20.3 Å². The Bertz CT molecular complexity index is 535. The second-order valence-electron chi connectivity index (χ2n) is 3.62. The van der Waals surface area contributed by atoms with Crippen molar-refractivity contribution >= 4 is 25.6 Å². The average molecular weight is 288 g/mol. The fourth-order valence-electron chi connectivity index (χ4n) is 1.36. The molecule has 6 heteroatoms. The largest absolute Gasteiger partial charge is 0.352 e. The summed E-state index contributed by atoms with van der Waals surface area (Å²) in [6, 6.07) is 6.25. The van der Waals surface area contributed by atoms with Gasteiger partial charge in [-0.2, -0.15) is 0 Å². The zero-order valence-corrected chi connectivity index (χ0v) is 11.5. The van der Waals surface area contributed by atoms with Crippen molar-refractivity contribution in [3.63, 3.8) is 0 Å². The van der Waals surface area contributed by atoms with Crippen LogP contribution in [0.4, 0.5) is 0 Å². The van der Waals surface area contributed by atoms with Crippen LogP contribution in [0.1, 0.15) is 12.5 Å². The highest BCUT2D eigenvalue weighted by atomic mass is 35.7. The molecule has 0 saturated heterocycles. The lowest BCUT2D eigenvalue weighted by Crippen LogP contribution is -2.23. The van der Waals surface area contributed by atoms with Gasteiger partial charge in [-0.3, -0.25) is 4.79 Å². The summed E-state index contributed by atoms with van der Waals surface area (Å²) >= 11 is 0. The van der Waals surface area contributed by atoms with Gasteiger partial charge in [0.25, 0.3) is 9.05 Å². The third-order valence-corrected chi connectivity index (χ3v) is 3.61. The summed E-state index contributed by atoms with van der Waals surface area (Å²) in [6.45, 7) is 2.26. The molecule has 0 saturated carbocycles. The van der Waals surface area contributed by atoms with Crippen molar-refractivity contribution in [2.24, 2.45) is 0 Å². The van der Waals surface area contributed by atoms with E-state index in [9.17, 15) is 13.2 Å². The topological polar surface area (TPSA) is 63.2 Å². The van der Waals surface area contributed by atoms with Crippen LogP contribution < -0.4 is 5.32 Å². The Morgan fingerprint density at radius 1 is 1.33 bits per heavy atom. The minimum Gasteiger partial charge on any atom is -0.352 e. The average Bonchev–Trinajstić information content (AvgIpc) is 2.29. The third kappa shape index (κ3) is 4.89. The van der Waals surface area contributed by atoms with Crippen LogP contribution in [-0.4, -0.2) is 20.9 Å². The summed E-state index contributed by atoms with van der Waals surface area (Å²) in [5.74, 6) is -0.141. The number of hydrogen-bond donors (Lipinski definition) is 1. The van der Waals surface area contributed by atoms with Crippen LogP contribution in [0, 0.1) is 0 Å². The van der Waals surface area contributed by atoms with Gasteiger partial charge in [-0.1, -0.05) is 18.2 Å². The molecular formula is C12H14ClNO3S. The predicted octanol–water partition coefficient (Wildman–Crippen LogP) is 1.85. The molecule has 98 valence electrons. The molecule has 0 fully saturated rings. The Balaban J connectivity index is 2.52. The van der Waals surface area contributed by atoms with Crippen molar-refractivity contribution in [2.45, 2.75) is 18.2 Å². The molecule has 0 bridgehead atoms. The van der Waals surface area contributed by atoms with Gasteiger partial charge in [-0.25, -0.2) is 8.42 Å². The summed E-state index contributed by atoms with van der Waals surface area (Å²) in [5, 5.41) is 2.71. The van der Waals surface area contributed by atoms with Gasteiger partial charge in [-0.15, -0.1) is 0 Å². The number of hydrogen-bond acceptors (Lipinski definition) is 3. The first-order chi connectivity index (χ1) is 8.43. The standard InChI is InChI=1S/C12H14ClNO3S/c1-2-3-12(15)14-9-8-10-4-6-11(7-5-10)18(13,16)17/h2-7H,8-9H2,1H3,(H,14,15)/b3-2+. The van der Waals surface area contributed by atoms with Crippen molar-refractivity contribution < 1.29 is 13.2 Å². The molecule has 0 atom stereocenters. The van der Waals surface area contributed by atoms with E-state index in [4.69, 9.17) is 10.7 Å². The molecule has 1 rings (SSSR count). The number of carbonyl (C=O) groups is 1. The molecule has 0 heterocycles. The molecule has 0 radical (unpaired) electrons. The van der Waals surface area contributed by atoms with E-state index < -0.39 is 9.05 Å². The number of allylic oxidation sites excluding steroid dienone is 1. The first kappa shape index (κ1) is 14.7. The van der Waals surface area contributed by atoms with Gasteiger partial charge in [0.15, 0.2) is 0 Å². The molecule has 0 aliphatic rings. The van der Waals surface area contributed by atoms with E-state index in [-0.39, 0.29) is 10.8 Å². The van der Waals surface area contributed by atoms with Crippen molar-refractivity contribution in [1.29, 1.82) is 0 Å². The lowest BCUT2D eigenvalue weighted by atomic mass is 10.1.